The Bertz CT molecular complexity index is 1060. The zero-order chi connectivity index (χ0) is 22.1. The van der Waals surface area contributed by atoms with Crippen molar-refractivity contribution in [2.45, 2.75) is 24.7 Å². The molecule has 0 spiro atoms. The molecule has 1 amide bonds. The fourth-order valence-corrected chi connectivity index (χ4v) is 4.13. The minimum Gasteiger partial charge on any atom is -0.362 e. The van der Waals surface area contributed by atoms with Gasteiger partial charge in [-0.2, -0.15) is 0 Å². The van der Waals surface area contributed by atoms with Crippen LogP contribution < -0.4 is 4.90 Å². The lowest BCUT2D eigenvalue weighted by atomic mass is 10.0. The van der Waals surface area contributed by atoms with Crippen LogP contribution in [0.1, 0.15) is 35.7 Å². The number of amides is 1. The molecule has 8 nitrogen and oxygen atoms in total. The number of sulfone groups is 1. The van der Waals surface area contributed by atoms with E-state index in [1.54, 1.807) is 4.90 Å². The molecule has 1 heterocycles. The fraction of sp³-hybridized carbons (Fsp3) is 0.381. The normalized spacial score (nSPS) is 14.8. The smallest absolute Gasteiger partial charge is 0.293 e. The summed E-state index contributed by atoms with van der Waals surface area (Å²) < 4.78 is 23.5. The predicted octanol–water partition coefficient (Wildman–Crippen LogP) is 3.08. The van der Waals surface area contributed by atoms with E-state index in [9.17, 15) is 23.3 Å². The van der Waals surface area contributed by atoms with Crippen LogP contribution in [0.3, 0.4) is 0 Å². The number of nitro benzene ring substituents is 1. The monoisotopic (exact) mass is 431 g/mol. The highest BCUT2D eigenvalue weighted by atomic mass is 32.2. The van der Waals surface area contributed by atoms with Crippen molar-refractivity contribution in [2.75, 3.05) is 37.3 Å². The minimum atomic E-state index is -3.54. The molecule has 0 aromatic heterocycles. The van der Waals surface area contributed by atoms with Gasteiger partial charge in [0.1, 0.15) is 5.69 Å². The molecule has 0 aliphatic carbocycles. The molecule has 30 heavy (non-hydrogen) atoms. The Morgan fingerprint density at radius 2 is 1.63 bits per heavy atom. The molecule has 0 saturated carbocycles. The number of nitro groups is 1. The Morgan fingerprint density at radius 1 is 1.03 bits per heavy atom. The lowest BCUT2D eigenvalue weighted by Gasteiger charge is -2.36. The van der Waals surface area contributed by atoms with Crippen molar-refractivity contribution in [3.63, 3.8) is 0 Å². The summed E-state index contributed by atoms with van der Waals surface area (Å²) in [5.74, 6) is 0.328. The first kappa shape index (κ1) is 21.8. The highest BCUT2D eigenvalue weighted by molar-refractivity contribution is 7.90. The summed E-state index contributed by atoms with van der Waals surface area (Å²) in [6.45, 7) is 5.89. The Balaban J connectivity index is 1.73. The van der Waals surface area contributed by atoms with Gasteiger partial charge in [-0.1, -0.05) is 26.0 Å². The van der Waals surface area contributed by atoms with E-state index in [1.165, 1.54) is 17.7 Å². The van der Waals surface area contributed by atoms with Gasteiger partial charge in [-0.25, -0.2) is 8.42 Å². The summed E-state index contributed by atoms with van der Waals surface area (Å²) >= 11 is 0. The van der Waals surface area contributed by atoms with E-state index in [1.807, 2.05) is 29.2 Å². The number of rotatable bonds is 5. The number of nitrogens with zero attached hydrogens (tertiary/aromatic N) is 3. The van der Waals surface area contributed by atoms with E-state index in [4.69, 9.17) is 0 Å². The van der Waals surface area contributed by atoms with E-state index in [0.717, 1.165) is 12.3 Å². The molecule has 2 aromatic carbocycles. The van der Waals surface area contributed by atoms with Gasteiger partial charge < -0.3 is 9.80 Å². The Hall–Kier alpha value is -2.94. The second-order valence-electron chi connectivity index (χ2n) is 7.74. The summed E-state index contributed by atoms with van der Waals surface area (Å²) in [6, 6.07) is 11.5. The standard InChI is InChI=1S/C21H25N3O5S/c1-15(2)16-4-6-17(7-5-16)21(25)23-12-10-22(11-13-23)19-9-8-18(30(3,28)29)14-20(19)24(26)27/h4-9,14-15H,10-13H2,1-3H3. The van der Waals surface area contributed by atoms with E-state index in [2.05, 4.69) is 13.8 Å². The molecular formula is C21H25N3O5S. The summed E-state index contributed by atoms with van der Waals surface area (Å²) in [5, 5.41) is 11.5. The zero-order valence-corrected chi connectivity index (χ0v) is 18.1. The van der Waals surface area contributed by atoms with Crippen LogP contribution in [0.2, 0.25) is 0 Å². The topological polar surface area (TPSA) is 101 Å². The summed E-state index contributed by atoms with van der Waals surface area (Å²) in [6.07, 6.45) is 1.02. The van der Waals surface area contributed by atoms with E-state index >= 15 is 0 Å². The third-order valence-corrected chi connectivity index (χ3v) is 6.41. The quantitative estimate of drug-likeness (QED) is 0.533. The van der Waals surface area contributed by atoms with Crippen molar-refractivity contribution in [3.05, 3.63) is 63.7 Å². The maximum Gasteiger partial charge on any atom is 0.293 e. The number of anilines is 1. The molecule has 1 fully saturated rings. The van der Waals surface area contributed by atoms with Gasteiger partial charge in [0.25, 0.3) is 11.6 Å². The molecule has 0 atom stereocenters. The number of benzene rings is 2. The second kappa shape index (κ2) is 8.43. The van der Waals surface area contributed by atoms with Crippen molar-refractivity contribution >= 4 is 27.1 Å². The van der Waals surface area contributed by atoms with Crippen molar-refractivity contribution < 1.29 is 18.1 Å². The SMILES string of the molecule is CC(C)c1ccc(C(=O)N2CCN(c3ccc(S(C)(=O)=O)cc3[N+](=O)[O-])CC2)cc1. The Labute approximate surface area is 176 Å². The Kier molecular flexibility index (Phi) is 6.12. The largest absolute Gasteiger partial charge is 0.362 e. The van der Waals surface area contributed by atoms with Gasteiger partial charge in [-0.05, 0) is 35.7 Å². The molecule has 0 bridgehead atoms. The lowest BCUT2D eigenvalue weighted by molar-refractivity contribution is -0.384. The molecular weight excluding hydrogens is 406 g/mol. The van der Waals surface area contributed by atoms with Crippen LogP contribution in [0.15, 0.2) is 47.4 Å². The number of hydrogen-bond donors (Lipinski definition) is 0. The van der Waals surface area contributed by atoms with Crippen LogP contribution in [0.4, 0.5) is 11.4 Å². The van der Waals surface area contributed by atoms with E-state index < -0.39 is 14.8 Å². The van der Waals surface area contributed by atoms with Gasteiger partial charge in [0, 0.05) is 44.1 Å². The molecule has 2 aromatic rings. The molecule has 1 saturated heterocycles. The highest BCUT2D eigenvalue weighted by Gasteiger charge is 2.27. The number of carbonyl (C=O) groups excluding carboxylic acids is 1. The number of piperazine rings is 1. The first-order valence-electron chi connectivity index (χ1n) is 9.70. The fourth-order valence-electron chi connectivity index (χ4n) is 3.49. The molecule has 1 aliphatic heterocycles. The van der Waals surface area contributed by atoms with Gasteiger partial charge >= 0.3 is 0 Å². The summed E-state index contributed by atoms with van der Waals surface area (Å²) in [5.41, 5.74) is 1.90. The van der Waals surface area contributed by atoms with Crippen LogP contribution in [0, 0.1) is 10.1 Å². The van der Waals surface area contributed by atoms with Crippen LogP contribution in [0.5, 0.6) is 0 Å². The zero-order valence-electron chi connectivity index (χ0n) is 17.2. The van der Waals surface area contributed by atoms with Gasteiger partial charge in [0.2, 0.25) is 0 Å². The van der Waals surface area contributed by atoms with Gasteiger partial charge in [0.05, 0.1) is 9.82 Å². The molecule has 160 valence electrons. The first-order chi connectivity index (χ1) is 14.1. The van der Waals surface area contributed by atoms with Crippen molar-refractivity contribution in [1.29, 1.82) is 0 Å². The van der Waals surface area contributed by atoms with Gasteiger partial charge in [-0.15, -0.1) is 0 Å². The summed E-state index contributed by atoms with van der Waals surface area (Å²) in [4.78, 5) is 27.2. The van der Waals surface area contributed by atoms with E-state index in [-0.39, 0.29) is 16.5 Å². The molecule has 9 heteroatoms. The molecule has 1 aliphatic rings. The summed E-state index contributed by atoms with van der Waals surface area (Å²) in [7, 11) is -3.54. The van der Waals surface area contributed by atoms with Crippen molar-refractivity contribution in [3.8, 4) is 0 Å². The minimum absolute atomic E-state index is 0.0631. The van der Waals surface area contributed by atoms with Crippen molar-refractivity contribution in [1.82, 2.24) is 4.90 Å². The molecule has 0 unspecified atom stereocenters. The van der Waals surface area contributed by atoms with E-state index in [0.29, 0.717) is 43.3 Å². The predicted molar refractivity (Wildman–Crippen MR) is 115 cm³/mol. The Morgan fingerprint density at radius 3 is 2.13 bits per heavy atom. The third-order valence-electron chi connectivity index (χ3n) is 5.30. The van der Waals surface area contributed by atoms with Gasteiger partial charge in [0.15, 0.2) is 9.84 Å². The molecule has 0 N–H and O–H groups in total. The van der Waals surface area contributed by atoms with Crippen LogP contribution >= 0.6 is 0 Å². The number of hydrogen-bond acceptors (Lipinski definition) is 6. The maximum absolute atomic E-state index is 12.8. The number of carbonyl (C=O) groups is 1. The lowest BCUT2D eigenvalue weighted by Crippen LogP contribution is -2.49. The van der Waals surface area contributed by atoms with Crippen LogP contribution in [0.25, 0.3) is 0 Å². The molecule has 0 radical (unpaired) electrons. The van der Waals surface area contributed by atoms with Gasteiger partial charge in [-0.3, -0.25) is 14.9 Å². The second-order valence-corrected chi connectivity index (χ2v) is 9.75. The van der Waals surface area contributed by atoms with Crippen LogP contribution in [-0.2, 0) is 9.84 Å². The average Bonchev–Trinajstić information content (AvgIpc) is 2.72. The third kappa shape index (κ3) is 4.62. The van der Waals surface area contributed by atoms with Crippen LogP contribution in [-0.4, -0.2) is 56.6 Å². The average molecular weight is 432 g/mol. The highest BCUT2D eigenvalue weighted by Crippen LogP contribution is 2.31. The van der Waals surface area contributed by atoms with Crippen molar-refractivity contribution in [2.24, 2.45) is 0 Å². The maximum atomic E-state index is 12.8. The first-order valence-corrected chi connectivity index (χ1v) is 11.6. The molecule has 3 rings (SSSR count).